The van der Waals surface area contributed by atoms with Gasteiger partial charge in [0.05, 0.1) is 18.4 Å². The molecular formula is C8H17N3OS. The lowest BCUT2D eigenvalue weighted by Crippen LogP contribution is -2.35. The van der Waals surface area contributed by atoms with E-state index in [9.17, 15) is 0 Å². The monoisotopic (exact) mass is 203 g/mol. The van der Waals surface area contributed by atoms with E-state index >= 15 is 0 Å². The Kier molecular flexibility index (Phi) is 4.41. The van der Waals surface area contributed by atoms with Crippen molar-refractivity contribution in [3.63, 3.8) is 0 Å². The van der Waals surface area contributed by atoms with Crippen molar-refractivity contribution in [1.82, 2.24) is 16.0 Å². The Morgan fingerprint density at radius 3 is 3.00 bits per heavy atom. The van der Waals surface area contributed by atoms with E-state index in [0.29, 0.717) is 12.7 Å². The molecule has 0 saturated heterocycles. The molecule has 0 aromatic carbocycles. The van der Waals surface area contributed by atoms with Crippen molar-refractivity contribution in [2.75, 3.05) is 25.7 Å². The zero-order valence-corrected chi connectivity index (χ0v) is 9.15. The fourth-order valence-corrected chi connectivity index (χ4v) is 1.60. The summed E-state index contributed by atoms with van der Waals surface area (Å²) < 4.78 is 5.63. The third kappa shape index (κ3) is 3.46. The summed E-state index contributed by atoms with van der Waals surface area (Å²) in [5.41, 5.74) is 6.96. The van der Waals surface area contributed by atoms with Gasteiger partial charge in [0, 0.05) is 19.0 Å². The van der Waals surface area contributed by atoms with E-state index in [0.717, 1.165) is 11.4 Å². The number of thioether (sulfide) groups is 1. The molecule has 76 valence electrons. The summed E-state index contributed by atoms with van der Waals surface area (Å²) in [7, 11) is 1.95. The molecule has 0 amide bonds. The summed E-state index contributed by atoms with van der Waals surface area (Å²) in [6.07, 6.45) is 4.31. The lowest BCUT2D eigenvalue weighted by atomic mass is 10.4. The number of nitrogens with zero attached hydrogens (tertiary/aromatic N) is 1. The van der Waals surface area contributed by atoms with Gasteiger partial charge in [-0.1, -0.05) is 0 Å². The first-order chi connectivity index (χ1) is 6.24. The van der Waals surface area contributed by atoms with Crippen LogP contribution in [-0.2, 0) is 4.74 Å². The molecule has 0 spiro atoms. The molecule has 13 heavy (non-hydrogen) atoms. The molecule has 1 heterocycles. The van der Waals surface area contributed by atoms with Gasteiger partial charge < -0.3 is 10.2 Å². The van der Waals surface area contributed by atoms with Crippen LogP contribution in [0.5, 0.6) is 0 Å². The molecule has 4 nitrogen and oxygen atoms in total. The van der Waals surface area contributed by atoms with Crippen molar-refractivity contribution < 1.29 is 4.74 Å². The summed E-state index contributed by atoms with van der Waals surface area (Å²) in [4.78, 5) is 0. The van der Waals surface area contributed by atoms with E-state index in [-0.39, 0.29) is 0 Å². The molecule has 0 radical (unpaired) electrons. The highest BCUT2D eigenvalue weighted by atomic mass is 32.2. The second kappa shape index (κ2) is 5.36. The number of likely N-dealkylation sites (N-methyl/N-ethyl adjacent to an activating group) is 1. The quantitative estimate of drug-likeness (QED) is 0.682. The Balaban J connectivity index is 2.18. The Morgan fingerprint density at radius 2 is 2.46 bits per heavy atom. The van der Waals surface area contributed by atoms with Crippen LogP contribution in [0, 0.1) is 0 Å². The molecule has 1 unspecified atom stereocenters. The van der Waals surface area contributed by atoms with Crippen molar-refractivity contribution in [3.8, 4) is 0 Å². The second-order valence-corrected chi connectivity index (χ2v) is 3.94. The van der Waals surface area contributed by atoms with E-state index in [1.54, 1.807) is 11.8 Å². The smallest absolute Gasteiger partial charge is 0.0898 e. The standard InChI is InChI=1S/C8H17N3OS/c1-7(6-13-3)12-5-8-4-9-10-11(8)2/h4,7,9-10H,5-6H2,1-3H3. The number of nitrogens with one attached hydrogen (secondary N) is 2. The number of rotatable bonds is 5. The maximum Gasteiger partial charge on any atom is 0.0898 e. The molecule has 1 atom stereocenters. The number of hydrogen-bond acceptors (Lipinski definition) is 5. The van der Waals surface area contributed by atoms with Gasteiger partial charge in [-0.25, -0.2) is 0 Å². The van der Waals surface area contributed by atoms with E-state index in [1.807, 2.05) is 18.3 Å². The minimum absolute atomic E-state index is 0.310. The van der Waals surface area contributed by atoms with Crippen molar-refractivity contribution >= 4 is 11.8 Å². The first-order valence-corrected chi connectivity index (χ1v) is 5.68. The SMILES string of the molecule is CSCC(C)OCC1=CNNN1C. The van der Waals surface area contributed by atoms with Crippen LogP contribution < -0.4 is 11.0 Å². The first kappa shape index (κ1) is 10.7. The molecule has 2 N–H and O–H groups in total. The summed E-state index contributed by atoms with van der Waals surface area (Å²) in [5.74, 6) is 1.04. The Labute approximate surface area is 83.6 Å². The molecule has 0 fully saturated rings. The molecule has 1 aliphatic heterocycles. The third-order valence-electron chi connectivity index (χ3n) is 1.82. The van der Waals surface area contributed by atoms with Gasteiger partial charge in [-0.2, -0.15) is 11.8 Å². The lowest BCUT2D eigenvalue weighted by molar-refractivity contribution is 0.0847. The van der Waals surface area contributed by atoms with Crippen LogP contribution in [0.1, 0.15) is 6.92 Å². The van der Waals surface area contributed by atoms with Crippen molar-refractivity contribution in [2.24, 2.45) is 0 Å². The largest absolute Gasteiger partial charge is 0.371 e. The highest BCUT2D eigenvalue weighted by molar-refractivity contribution is 7.98. The van der Waals surface area contributed by atoms with Gasteiger partial charge in [-0.3, -0.25) is 5.01 Å². The van der Waals surface area contributed by atoms with Crippen molar-refractivity contribution in [2.45, 2.75) is 13.0 Å². The van der Waals surface area contributed by atoms with Crippen LogP contribution in [0.15, 0.2) is 11.9 Å². The van der Waals surface area contributed by atoms with Gasteiger partial charge in [-0.05, 0) is 13.2 Å². The number of hydrazine groups is 2. The topological polar surface area (TPSA) is 36.5 Å². The lowest BCUT2D eigenvalue weighted by Gasteiger charge is -2.17. The van der Waals surface area contributed by atoms with E-state index in [2.05, 4.69) is 24.1 Å². The maximum atomic E-state index is 5.63. The van der Waals surface area contributed by atoms with Crippen LogP contribution in [0.2, 0.25) is 0 Å². The minimum Gasteiger partial charge on any atom is -0.371 e. The normalized spacial score (nSPS) is 18.4. The van der Waals surface area contributed by atoms with E-state index in [1.165, 1.54) is 0 Å². The maximum absolute atomic E-state index is 5.63. The molecular weight excluding hydrogens is 186 g/mol. The molecule has 1 aliphatic rings. The Hall–Kier alpha value is -0.390. The van der Waals surface area contributed by atoms with Gasteiger partial charge in [0.1, 0.15) is 0 Å². The molecule has 0 aromatic rings. The molecule has 0 bridgehead atoms. The fraction of sp³-hybridized carbons (Fsp3) is 0.750. The van der Waals surface area contributed by atoms with E-state index < -0.39 is 0 Å². The fourth-order valence-electron chi connectivity index (χ4n) is 1.03. The van der Waals surface area contributed by atoms with Gasteiger partial charge in [0.2, 0.25) is 0 Å². The average molecular weight is 203 g/mol. The van der Waals surface area contributed by atoms with Gasteiger partial charge in [0.25, 0.3) is 0 Å². The third-order valence-corrected chi connectivity index (χ3v) is 2.62. The second-order valence-electron chi connectivity index (χ2n) is 3.03. The van der Waals surface area contributed by atoms with Gasteiger partial charge in [0.15, 0.2) is 0 Å². The number of hydrogen-bond donors (Lipinski definition) is 2. The molecule has 0 saturated carbocycles. The predicted molar refractivity (Wildman–Crippen MR) is 55.9 cm³/mol. The summed E-state index contributed by atoms with van der Waals surface area (Å²) >= 11 is 1.80. The average Bonchev–Trinajstić information content (AvgIpc) is 2.48. The highest BCUT2D eigenvalue weighted by Gasteiger charge is 2.10. The Bertz CT molecular complexity index is 186. The highest BCUT2D eigenvalue weighted by Crippen LogP contribution is 2.06. The first-order valence-electron chi connectivity index (χ1n) is 4.28. The summed E-state index contributed by atoms with van der Waals surface area (Å²) in [6.45, 7) is 2.74. The van der Waals surface area contributed by atoms with Crippen molar-refractivity contribution in [1.29, 1.82) is 0 Å². The van der Waals surface area contributed by atoms with Crippen LogP contribution in [-0.4, -0.2) is 36.8 Å². The molecule has 1 rings (SSSR count). The van der Waals surface area contributed by atoms with Crippen LogP contribution in [0.4, 0.5) is 0 Å². The van der Waals surface area contributed by atoms with Crippen LogP contribution >= 0.6 is 11.8 Å². The molecule has 5 heteroatoms. The summed E-state index contributed by atoms with van der Waals surface area (Å²) in [5, 5.41) is 1.91. The number of ether oxygens (including phenoxy) is 1. The zero-order chi connectivity index (χ0) is 9.68. The van der Waals surface area contributed by atoms with E-state index in [4.69, 9.17) is 4.74 Å². The van der Waals surface area contributed by atoms with Gasteiger partial charge >= 0.3 is 0 Å². The summed E-state index contributed by atoms with van der Waals surface area (Å²) in [6, 6.07) is 0. The minimum atomic E-state index is 0.310. The Morgan fingerprint density at radius 1 is 1.69 bits per heavy atom. The van der Waals surface area contributed by atoms with Crippen molar-refractivity contribution in [3.05, 3.63) is 11.9 Å². The molecule has 0 aromatic heterocycles. The van der Waals surface area contributed by atoms with Crippen LogP contribution in [0.3, 0.4) is 0 Å². The van der Waals surface area contributed by atoms with Gasteiger partial charge in [-0.15, -0.1) is 5.53 Å². The van der Waals surface area contributed by atoms with Crippen LogP contribution in [0.25, 0.3) is 0 Å². The predicted octanol–water partition coefficient (Wildman–Crippen LogP) is 0.550. The zero-order valence-electron chi connectivity index (χ0n) is 8.33. The molecule has 0 aliphatic carbocycles.